The first-order chi connectivity index (χ1) is 13.8. The molecule has 0 saturated carbocycles. The second-order valence-corrected chi connectivity index (χ2v) is 6.86. The summed E-state index contributed by atoms with van der Waals surface area (Å²) < 4.78 is 7.80. The van der Waals surface area contributed by atoms with Crippen LogP contribution in [0.4, 0.5) is 0 Å². The predicted octanol–water partition coefficient (Wildman–Crippen LogP) is 2.39. The summed E-state index contributed by atoms with van der Waals surface area (Å²) in [7, 11) is 0. The molecule has 1 atom stereocenters. The first-order valence-corrected chi connectivity index (χ1v) is 9.52. The van der Waals surface area contributed by atoms with Crippen molar-refractivity contribution in [1.82, 2.24) is 14.5 Å². The van der Waals surface area contributed by atoms with Gasteiger partial charge in [-0.3, -0.25) is 9.78 Å². The molecule has 6 heteroatoms. The van der Waals surface area contributed by atoms with Crippen molar-refractivity contribution in [2.45, 2.75) is 19.0 Å². The molecule has 1 aliphatic heterocycles. The Morgan fingerprint density at radius 1 is 1.18 bits per heavy atom. The van der Waals surface area contributed by atoms with Crippen molar-refractivity contribution in [3.05, 3.63) is 83.9 Å². The van der Waals surface area contributed by atoms with Gasteiger partial charge in [-0.2, -0.15) is 0 Å². The lowest BCUT2D eigenvalue weighted by Crippen LogP contribution is -2.43. The fourth-order valence-electron chi connectivity index (χ4n) is 3.74. The van der Waals surface area contributed by atoms with Gasteiger partial charge >= 0.3 is 0 Å². The van der Waals surface area contributed by atoms with Gasteiger partial charge in [0.15, 0.2) is 0 Å². The van der Waals surface area contributed by atoms with Crippen LogP contribution >= 0.6 is 0 Å². The molecule has 0 spiro atoms. The number of fused-ring (bicyclic) bond motifs is 1. The predicted molar refractivity (Wildman–Crippen MR) is 107 cm³/mol. The second kappa shape index (κ2) is 8.27. The highest BCUT2D eigenvalue weighted by atomic mass is 16.5. The van der Waals surface area contributed by atoms with E-state index in [4.69, 9.17) is 10.5 Å². The fraction of sp³-hybridized carbons (Fsp3) is 0.273. The van der Waals surface area contributed by atoms with Crippen molar-refractivity contribution in [2.75, 3.05) is 19.7 Å². The third kappa shape index (κ3) is 3.77. The molecule has 0 radical (unpaired) electrons. The zero-order valence-electron chi connectivity index (χ0n) is 15.7. The highest BCUT2D eigenvalue weighted by molar-refractivity contribution is 5.80. The third-order valence-electron chi connectivity index (χ3n) is 5.00. The monoisotopic (exact) mass is 376 g/mol. The number of aromatic nitrogens is 2. The van der Waals surface area contributed by atoms with Crippen LogP contribution in [0.5, 0.6) is 5.75 Å². The Kier molecular flexibility index (Phi) is 5.39. The number of carbonyl (C=O) groups excluding carboxylic acids is 1. The van der Waals surface area contributed by atoms with E-state index in [1.165, 1.54) is 0 Å². The summed E-state index contributed by atoms with van der Waals surface area (Å²) in [5.74, 6) is 0.837. The van der Waals surface area contributed by atoms with E-state index in [2.05, 4.69) is 21.8 Å². The smallest absolute Gasteiger partial charge is 0.227 e. The third-order valence-corrected chi connectivity index (χ3v) is 5.00. The van der Waals surface area contributed by atoms with E-state index in [0.29, 0.717) is 26.1 Å². The van der Waals surface area contributed by atoms with Gasteiger partial charge in [-0.1, -0.05) is 18.2 Å². The van der Waals surface area contributed by atoms with Crippen LogP contribution in [0.3, 0.4) is 0 Å². The van der Waals surface area contributed by atoms with Crippen LogP contribution in [0.1, 0.15) is 22.9 Å². The molecule has 144 valence electrons. The molecule has 2 aromatic heterocycles. The summed E-state index contributed by atoms with van der Waals surface area (Å²) in [6.07, 6.45) is 6.00. The summed E-state index contributed by atoms with van der Waals surface area (Å²) in [6.45, 7) is 2.39. The van der Waals surface area contributed by atoms with Gasteiger partial charge in [0.25, 0.3) is 0 Å². The highest BCUT2D eigenvalue weighted by Gasteiger charge is 2.32. The number of hydrogen-bond acceptors (Lipinski definition) is 4. The maximum absolute atomic E-state index is 13.2. The number of benzene rings is 1. The first kappa shape index (κ1) is 18.3. The molecule has 6 nitrogen and oxygen atoms in total. The maximum atomic E-state index is 13.2. The SMILES string of the molecule is NCCOc1cccc(CC(=O)N2CCn3cccc3C2c2cccnc2)c1. The van der Waals surface area contributed by atoms with Crippen molar-refractivity contribution in [3.8, 4) is 5.75 Å². The average Bonchev–Trinajstić information content (AvgIpc) is 3.21. The average molecular weight is 376 g/mol. The molecule has 0 bridgehead atoms. The number of carbonyl (C=O) groups is 1. The molecule has 0 saturated heterocycles. The van der Waals surface area contributed by atoms with Gasteiger partial charge in [-0.15, -0.1) is 0 Å². The fourth-order valence-corrected chi connectivity index (χ4v) is 3.74. The molecule has 0 aliphatic carbocycles. The van der Waals surface area contributed by atoms with E-state index in [0.717, 1.165) is 29.1 Å². The van der Waals surface area contributed by atoms with E-state index in [1.807, 2.05) is 53.6 Å². The number of amides is 1. The van der Waals surface area contributed by atoms with Crippen molar-refractivity contribution >= 4 is 5.91 Å². The number of nitrogens with two attached hydrogens (primary N) is 1. The normalized spacial score (nSPS) is 15.9. The van der Waals surface area contributed by atoms with Crippen molar-refractivity contribution < 1.29 is 9.53 Å². The Labute approximate surface area is 164 Å². The van der Waals surface area contributed by atoms with Gasteiger partial charge in [0.1, 0.15) is 12.4 Å². The quantitative estimate of drug-likeness (QED) is 0.717. The first-order valence-electron chi connectivity index (χ1n) is 9.52. The minimum atomic E-state index is -0.123. The second-order valence-electron chi connectivity index (χ2n) is 6.86. The Morgan fingerprint density at radius 3 is 2.93 bits per heavy atom. The number of rotatable bonds is 6. The zero-order valence-corrected chi connectivity index (χ0v) is 15.7. The standard InChI is InChI=1S/C22H24N4O2/c23-8-13-28-19-6-1-4-17(14-19)15-21(27)26-12-11-25-10-3-7-20(25)22(26)18-5-2-9-24-16-18/h1-7,9-10,14,16,22H,8,11-13,15,23H2. The van der Waals surface area contributed by atoms with Gasteiger partial charge in [0.2, 0.25) is 5.91 Å². The lowest BCUT2D eigenvalue weighted by molar-refractivity contribution is -0.133. The van der Waals surface area contributed by atoms with E-state index in [-0.39, 0.29) is 11.9 Å². The Bertz CT molecular complexity index is 938. The van der Waals surface area contributed by atoms with Gasteiger partial charge in [-0.25, -0.2) is 0 Å². The van der Waals surface area contributed by atoms with Crippen LogP contribution in [-0.2, 0) is 17.8 Å². The highest BCUT2D eigenvalue weighted by Crippen LogP contribution is 2.32. The maximum Gasteiger partial charge on any atom is 0.227 e. The molecular formula is C22H24N4O2. The molecule has 1 amide bonds. The van der Waals surface area contributed by atoms with Crippen LogP contribution in [-0.4, -0.2) is 40.1 Å². The Morgan fingerprint density at radius 2 is 2.11 bits per heavy atom. The van der Waals surface area contributed by atoms with Gasteiger partial charge in [0.05, 0.1) is 12.5 Å². The van der Waals surface area contributed by atoms with Gasteiger partial charge in [-0.05, 0) is 41.5 Å². The van der Waals surface area contributed by atoms with Gasteiger partial charge < -0.3 is 19.9 Å². The van der Waals surface area contributed by atoms with E-state index in [9.17, 15) is 4.79 Å². The number of pyridine rings is 1. The largest absolute Gasteiger partial charge is 0.492 e. The summed E-state index contributed by atoms with van der Waals surface area (Å²) in [6, 6.07) is 15.6. The van der Waals surface area contributed by atoms with Crippen LogP contribution in [0.2, 0.25) is 0 Å². The molecule has 1 aliphatic rings. The van der Waals surface area contributed by atoms with E-state index in [1.54, 1.807) is 6.20 Å². The minimum absolute atomic E-state index is 0.0947. The molecule has 4 rings (SSSR count). The lowest BCUT2D eigenvalue weighted by atomic mass is 10.0. The van der Waals surface area contributed by atoms with E-state index >= 15 is 0 Å². The number of nitrogens with zero attached hydrogens (tertiary/aromatic N) is 3. The Balaban J connectivity index is 1.58. The molecule has 1 unspecified atom stereocenters. The zero-order chi connectivity index (χ0) is 19.3. The number of ether oxygens (including phenoxy) is 1. The van der Waals surface area contributed by atoms with Crippen LogP contribution in [0.25, 0.3) is 0 Å². The summed E-state index contributed by atoms with van der Waals surface area (Å²) in [4.78, 5) is 19.5. The molecule has 1 aromatic carbocycles. The summed E-state index contributed by atoms with van der Waals surface area (Å²) >= 11 is 0. The van der Waals surface area contributed by atoms with Gasteiger partial charge in [0, 0.05) is 43.9 Å². The topological polar surface area (TPSA) is 73.4 Å². The Hall–Kier alpha value is -3.12. The van der Waals surface area contributed by atoms with E-state index < -0.39 is 0 Å². The van der Waals surface area contributed by atoms with Crippen molar-refractivity contribution in [2.24, 2.45) is 5.73 Å². The molecule has 3 aromatic rings. The lowest BCUT2D eigenvalue weighted by Gasteiger charge is -2.37. The molecule has 0 fully saturated rings. The van der Waals surface area contributed by atoms with Crippen molar-refractivity contribution in [1.29, 1.82) is 0 Å². The summed E-state index contributed by atoms with van der Waals surface area (Å²) in [5.41, 5.74) is 8.58. The molecule has 3 heterocycles. The molecule has 28 heavy (non-hydrogen) atoms. The van der Waals surface area contributed by atoms with Crippen LogP contribution in [0.15, 0.2) is 67.1 Å². The van der Waals surface area contributed by atoms with Crippen molar-refractivity contribution in [3.63, 3.8) is 0 Å². The molecule has 2 N–H and O–H groups in total. The van der Waals surface area contributed by atoms with Crippen LogP contribution in [0, 0.1) is 0 Å². The minimum Gasteiger partial charge on any atom is -0.492 e. The molecular weight excluding hydrogens is 352 g/mol. The summed E-state index contributed by atoms with van der Waals surface area (Å²) in [5, 5.41) is 0. The number of hydrogen-bond donors (Lipinski definition) is 1. The van der Waals surface area contributed by atoms with Crippen LogP contribution < -0.4 is 10.5 Å².